The number of hydrogen-bond acceptors (Lipinski definition) is 2. The molecule has 0 aliphatic rings. The Bertz CT molecular complexity index is 841. The number of carbonyl (C=O) groups excluding carboxylic acids is 1. The van der Waals surface area contributed by atoms with Crippen LogP contribution in [0.3, 0.4) is 0 Å². The van der Waals surface area contributed by atoms with Crippen LogP contribution in [0.15, 0.2) is 60.7 Å². The zero-order chi connectivity index (χ0) is 16.4. The van der Waals surface area contributed by atoms with Gasteiger partial charge in [0.25, 0.3) is 5.91 Å². The number of rotatable bonds is 3. The van der Waals surface area contributed by atoms with Crippen LogP contribution in [0.1, 0.15) is 35.8 Å². The van der Waals surface area contributed by atoms with Crippen LogP contribution >= 0.6 is 0 Å². The Balaban J connectivity index is 2.12. The second kappa shape index (κ2) is 6.21. The van der Waals surface area contributed by atoms with Crippen molar-refractivity contribution in [3.63, 3.8) is 0 Å². The first-order valence-electron chi connectivity index (χ1n) is 7.80. The maximum Gasteiger partial charge on any atom is 0.258 e. The Kier molecular flexibility index (Phi) is 4.11. The fraction of sp³-hybridized carbons (Fsp3) is 0.200. The number of para-hydroxylation sites is 2. The maximum absolute atomic E-state index is 13.0. The van der Waals surface area contributed by atoms with Crippen molar-refractivity contribution in [2.24, 2.45) is 0 Å². The Morgan fingerprint density at radius 3 is 2.35 bits per heavy atom. The van der Waals surface area contributed by atoms with Crippen LogP contribution in [-0.2, 0) is 0 Å². The normalized spacial score (nSPS) is 11.0. The maximum atomic E-state index is 13.0. The Hall–Kier alpha value is -2.68. The lowest BCUT2D eigenvalue weighted by atomic mass is 10.0. The monoisotopic (exact) mass is 304 g/mol. The number of pyridine rings is 1. The van der Waals surface area contributed by atoms with Gasteiger partial charge in [0.05, 0.1) is 11.1 Å². The lowest BCUT2D eigenvalue weighted by Gasteiger charge is -2.19. The first-order chi connectivity index (χ1) is 11.1. The van der Waals surface area contributed by atoms with Crippen LogP contribution in [0.25, 0.3) is 10.9 Å². The van der Waals surface area contributed by atoms with Crippen LogP contribution in [0, 0.1) is 0 Å². The van der Waals surface area contributed by atoms with E-state index < -0.39 is 0 Å². The second-order valence-corrected chi connectivity index (χ2v) is 5.97. The molecule has 23 heavy (non-hydrogen) atoms. The van der Waals surface area contributed by atoms with Crippen molar-refractivity contribution in [1.82, 2.24) is 4.98 Å². The number of fused-ring (bicyclic) bond motifs is 1. The lowest BCUT2D eigenvalue weighted by molar-refractivity contribution is 0.0994. The number of hydrogen-bond donors (Lipinski definition) is 0. The minimum atomic E-state index is -0.0169. The molecule has 0 bridgehead atoms. The van der Waals surface area contributed by atoms with Crippen molar-refractivity contribution in [2.45, 2.75) is 19.8 Å². The SMILES string of the molecule is CC(C)c1cc(C(=O)N(C)c2ccccc2)c2ccccc2n1. The number of aromatic nitrogens is 1. The highest BCUT2D eigenvalue weighted by atomic mass is 16.2. The second-order valence-electron chi connectivity index (χ2n) is 5.97. The van der Waals surface area contributed by atoms with Crippen LogP contribution in [0.5, 0.6) is 0 Å². The molecule has 0 unspecified atom stereocenters. The molecule has 0 N–H and O–H groups in total. The molecule has 1 aromatic heterocycles. The summed E-state index contributed by atoms with van der Waals surface area (Å²) in [5, 5.41) is 0.893. The van der Waals surface area contributed by atoms with E-state index >= 15 is 0 Å². The van der Waals surface area contributed by atoms with Crippen LogP contribution < -0.4 is 4.90 Å². The van der Waals surface area contributed by atoms with Crippen molar-refractivity contribution in [3.05, 3.63) is 71.9 Å². The fourth-order valence-corrected chi connectivity index (χ4v) is 2.62. The molecule has 116 valence electrons. The lowest BCUT2D eigenvalue weighted by Crippen LogP contribution is -2.26. The van der Waals surface area contributed by atoms with E-state index in [0.717, 1.165) is 22.3 Å². The van der Waals surface area contributed by atoms with Gasteiger partial charge in [-0.25, -0.2) is 0 Å². The molecule has 0 atom stereocenters. The number of carbonyl (C=O) groups is 1. The topological polar surface area (TPSA) is 33.2 Å². The largest absolute Gasteiger partial charge is 0.311 e. The quantitative estimate of drug-likeness (QED) is 0.706. The zero-order valence-electron chi connectivity index (χ0n) is 13.7. The third-order valence-corrected chi connectivity index (χ3v) is 4.01. The van der Waals surface area contributed by atoms with E-state index in [-0.39, 0.29) is 11.8 Å². The highest BCUT2D eigenvalue weighted by molar-refractivity contribution is 6.13. The molecule has 0 fully saturated rings. The summed E-state index contributed by atoms with van der Waals surface area (Å²) >= 11 is 0. The number of nitrogens with zero attached hydrogens (tertiary/aromatic N) is 2. The van der Waals surface area contributed by atoms with Crippen molar-refractivity contribution in [3.8, 4) is 0 Å². The van der Waals surface area contributed by atoms with Gasteiger partial charge in [0.15, 0.2) is 0 Å². The average molecular weight is 304 g/mol. The highest BCUT2D eigenvalue weighted by Gasteiger charge is 2.18. The zero-order valence-corrected chi connectivity index (χ0v) is 13.7. The number of amides is 1. The minimum absolute atomic E-state index is 0.0169. The average Bonchev–Trinajstić information content (AvgIpc) is 2.60. The fourth-order valence-electron chi connectivity index (χ4n) is 2.62. The van der Waals surface area contributed by atoms with E-state index in [4.69, 9.17) is 0 Å². The predicted molar refractivity (Wildman–Crippen MR) is 95.0 cm³/mol. The van der Waals surface area contributed by atoms with Gasteiger partial charge in [-0.2, -0.15) is 0 Å². The van der Waals surface area contributed by atoms with E-state index in [2.05, 4.69) is 18.8 Å². The van der Waals surface area contributed by atoms with Gasteiger partial charge in [-0.05, 0) is 30.2 Å². The van der Waals surface area contributed by atoms with E-state index in [0.29, 0.717) is 5.56 Å². The van der Waals surface area contributed by atoms with Crippen LogP contribution in [0.4, 0.5) is 5.69 Å². The third-order valence-electron chi connectivity index (χ3n) is 4.01. The summed E-state index contributed by atoms with van der Waals surface area (Å²) < 4.78 is 0. The van der Waals surface area contributed by atoms with Gasteiger partial charge in [-0.15, -0.1) is 0 Å². The summed E-state index contributed by atoms with van der Waals surface area (Å²) in [5.41, 5.74) is 3.38. The van der Waals surface area contributed by atoms with Gasteiger partial charge in [-0.3, -0.25) is 9.78 Å². The molecule has 0 saturated carbocycles. The molecule has 1 amide bonds. The molecule has 2 aromatic carbocycles. The summed E-state index contributed by atoms with van der Waals surface area (Å²) in [7, 11) is 1.81. The molecule has 0 aliphatic carbocycles. The Morgan fingerprint density at radius 1 is 1.00 bits per heavy atom. The molecular weight excluding hydrogens is 284 g/mol. The van der Waals surface area contributed by atoms with Gasteiger partial charge in [0.1, 0.15) is 0 Å². The van der Waals surface area contributed by atoms with E-state index in [9.17, 15) is 4.79 Å². The standard InChI is InChI=1S/C20H20N2O/c1-14(2)19-13-17(16-11-7-8-12-18(16)21-19)20(23)22(3)15-9-5-4-6-10-15/h4-14H,1-3H3. The summed E-state index contributed by atoms with van der Waals surface area (Å²) in [6, 6.07) is 19.4. The van der Waals surface area contributed by atoms with Crippen LogP contribution in [0.2, 0.25) is 0 Å². The molecule has 3 aromatic rings. The van der Waals surface area contributed by atoms with Crippen LogP contribution in [-0.4, -0.2) is 17.9 Å². The summed E-state index contributed by atoms with van der Waals surface area (Å²) in [6.45, 7) is 4.18. The van der Waals surface area contributed by atoms with Gasteiger partial charge in [0, 0.05) is 23.8 Å². The van der Waals surface area contributed by atoms with E-state index in [1.54, 1.807) is 4.90 Å². The molecule has 3 nitrogen and oxygen atoms in total. The summed E-state index contributed by atoms with van der Waals surface area (Å²) in [4.78, 5) is 19.4. The Labute approximate surface area is 136 Å². The molecule has 3 heteroatoms. The molecule has 1 heterocycles. The third kappa shape index (κ3) is 2.95. The van der Waals surface area contributed by atoms with Gasteiger partial charge in [0.2, 0.25) is 0 Å². The van der Waals surface area contributed by atoms with Crippen molar-refractivity contribution >= 4 is 22.5 Å². The molecule has 0 saturated heterocycles. The molecular formula is C20H20N2O. The van der Waals surface area contributed by atoms with Gasteiger partial charge >= 0.3 is 0 Å². The smallest absolute Gasteiger partial charge is 0.258 e. The first-order valence-corrected chi connectivity index (χ1v) is 7.80. The minimum Gasteiger partial charge on any atom is -0.311 e. The van der Waals surface area contributed by atoms with E-state index in [1.165, 1.54) is 0 Å². The van der Waals surface area contributed by atoms with Gasteiger partial charge < -0.3 is 4.90 Å². The predicted octanol–water partition coefficient (Wildman–Crippen LogP) is 4.63. The Morgan fingerprint density at radius 2 is 1.65 bits per heavy atom. The molecule has 3 rings (SSSR count). The number of anilines is 1. The van der Waals surface area contributed by atoms with Gasteiger partial charge in [-0.1, -0.05) is 50.2 Å². The van der Waals surface area contributed by atoms with E-state index in [1.807, 2.05) is 67.7 Å². The summed E-state index contributed by atoms with van der Waals surface area (Å²) in [5.74, 6) is 0.255. The van der Waals surface area contributed by atoms with Crippen molar-refractivity contribution in [2.75, 3.05) is 11.9 Å². The van der Waals surface area contributed by atoms with Crippen molar-refractivity contribution < 1.29 is 4.79 Å². The summed E-state index contributed by atoms with van der Waals surface area (Å²) in [6.07, 6.45) is 0. The highest BCUT2D eigenvalue weighted by Crippen LogP contribution is 2.25. The number of benzene rings is 2. The van der Waals surface area contributed by atoms with Crippen molar-refractivity contribution in [1.29, 1.82) is 0 Å². The molecule has 0 spiro atoms. The molecule has 0 aliphatic heterocycles. The first kappa shape index (κ1) is 15.2. The molecule has 0 radical (unpaired) electrons.